The molecule has 140 valence electrons. The van der Waals surface area contributed by atoms with Crippen molar-refractivity contribution in [3.05, 3.63) is 0 Å². The van der Waals surface area contributed by atoms with E-state index in [-0.39, 0.29) is 0 Å². The van der Waals surface area contributed by atoms with Crippen molar-refractivity contribution in [1.82, 2.24) is 0 Å². The Labute approximate surface area is 144 Å². The highest BCUT2D eigenvalue weighted by Crippen LogP contribution is 2.13. The summed E-state index contributed by atoms with van der Waals surface area (Å²) in [5.74, 6) is -0.652. The molecule has 0 spiro atoms. The van der Waals surface area contributed by atoms with Crippen molar-refractivity contribution in [3.8, 4) is 0 Å². The average Bonchev–Trinajstić information content (AvgIpc) is 2.56. The zero-order valence-corrected chi connectivity index (χ0v) is 15.8. The molecule has 0 atom stereocenters. The van der Waals surface area contributed by atoms with Crippen molar-refractivity contribution in [2.45, 2.75) is 116 Å². The average molecular weight is 331 g/mol. The molecule has 3 nitrogen and oxygen atoms in total. The normalized spacial score (nSPS) is 10.2. The molecule has 0 aliphatic rings. The predicted molar refractivity (Wildman–Crippen MR) is 99.9 cm³/mol. The minimum absolute atomic E-state index is 0.346. The summed E-state index contributed by atoms with van der Waals surface area (Å²) in [6.07, 6.45) is 21.7. The van der Waals surface area contributed by atoms with E-state index in [0.29, 0.717) is 6.42 Å². The Hall–Kier alpha value is -0.570. The Morgan fingerprint density at radius 2 is 0.826 bits per heavy atom. The third-order valence-corrected chi connectivity index (χ3v) is 4.24. The lowest BCUT2D eigenvalue weighted by molar-refractivity contribution is -0.137. The van der Waals surface area contributed by atoms with Gasteiger partial charge in [0, 0.05) is 13.5 Å². The third-order valence-electron chi connectivity index (χ3n) is 4.24. The van der Waals surface area contributed by atoms with Gasteiger partial charge in [0.05, 0.1) is 0 Å². The maximum absolute atomic E-state index is 10.3. The molecule has 0 amide bonds. The van der Waals surface area contributed by atoms with Crippen molar-refractivity contribution < 1.29 is 15.0 Å². The maximum Gasteiger partial charge on any atom is 0.303 e. The van der Waals surface area contributed by atoms with E-state index in [1.54, 1.807) is 0 Å². The van der Waals surface area contributed by atoms with Gasteiger partial charge in [0.2, 0.25) is 0 Å². The molecule has 0 aliphatic carbocycles. The topological polar surface area (TPSA) is 57.5 Å². The van der Waals surface area contributed by atoms with Crippen molar-refractivity contribution in [3.63, 3.8) is 0 Å². The van der Waals surface area contributed by atoms with Gasteiger partial charge in [-0.15, -0.1) is 0 Å². The van der Waals surface area contributed by atoms with Crippen LogP contribution in [0.1, 0.15) is 116 Å². The zero-order valence-electron chi connectivity index (χ0n) is 15.8. The van der Waals surface area contributed by atoms with Gasteiger partial charge in [-0.3, -0.25) is 4.79 Å². The molecule has 0 saturated carbocycles. The van der Waals surface area contributed by atoms with Crippen LogP contribution in [-0.4, -0.2) is 23.3 Å². The fraction of sp³-hybridized carbons (Fsp3) is 0.950. The number of carbonyl (C=O) groups is 1. The van der Waals surface area contributed by atoms with Gasteiger partial charge in [0.25, 0.3) is 0 Å². The van der Waals surface area contributed by atoms with Crippen LogP contribution in [0.2, 0.25) is 0 Å². The van der Waals surface area contributed by atoms with E-state index in [2.05, 4.69) is 6.92 Å². The summed E-state index contributed by atoms with van der Waals surface area (Å²) in [7, 11) is 1.00. The van der Waals surface area contributed by atoms with Crippen LogP contribution in [0.25, 0.3) is 0 Å². The molecule has 0 rings (SSSR count). The number of aliphatic carboxylic acids is 1. The Morgan fingerprint density at radius 1 is 0.565 bits per heavy atom. The summed E-state index contributed by atoms with van der Waals surface area (Å²) < 4.78 is 0. The van der Waals surface area contributed by atoms with Crippen molar-refractivity contribution >= 4 is 5.97 Å². The van der Waals surface area contributed by atoms with Crippen LogP contribution in [0, 0.1) is 0 Å². The highest BCUT2D eigenvalue weighted by atomic mass is 16.4. The van der Waals surface area contributed by atoms with Crippen molar-refractivity contribution in [1.29, 1.82) is 0 Å². The van der Waals surface area contributed by atoms with E-state index in [1.807, 2.05) is 0 Å². The summed E-state index contributed by atoms with van der Waals surface area (Å²) in [6.45, 7) is 2.27. The van der Waals surface area contributed by atoms with Crippen molar-refractivity contribution in [2.75, 3.05) is 7.11 Å². The lowest BCUT2D eigenvalue weighted by Crippen LogP contribution is -1.93. The molecular formula is C20H42O3. The Balaban J connectivity index is 0. The predicted octanol–water partition coefficient (Wildman–Crippen LogP) is 6.33. The first kappa shape index (κ1) is 24.7. The third kappa shape index (κ3) is 26.6. The Bertz CT molecular complexity index is 217. The second kappa shape index (κ2) is 23.7. The number of aliphatic hydroxyl groups excluding tert-OH is 1. The molecule has 0 bridgehead atoms. The number of aliphatic hydroxyl groups is 1. The molecule has 0 heterocycles. The smallest absolute Gasteiger partial charge is 0.303 e. The van der Waals surface area contributed by atoms with Crippen LogP contribution in [-0.2, 0) is 4.79 Å². The second-order valence-corrected chi connectivity index (χ2v) is 6.45. The van der Waals surface area contributed by atoms with E-state index in [9.17, 15) is 4.79 Å². The molecule has 0 unspecified atom stereocenters. The highest BCUT2D eigenvalue weighted by molar-refractivity contribution is 5.66. The number of hydrogen-bond donors (Lipinski definition) is 2. The molecule has 0 saturated heterocycles. The molecule has 2 N–H and O–H groups in total. The summed E-state index contributed by atoms with van der Waals surface area (Å²) in [4.78, 5) is 10.3. The molecule has 23 heavy (non-hydrogen) atoms. The van der Waals surface area contributed by atoms with Crippen LogP contribution in [0.4, 0.5) is 0 Å². The molecule has 0 aromatic carbocycles. The molecule has 3 heteroatoms. The summed E-state index contributed by atoms with van der Waals surface area (Å²) >= 11 is 0. The number of rotatable bonds is 17. The molecule has 0 aromatic heterocycles. The first-order valence-electron chi connectivity index (χ1n) is 9.94. The Kier molecular flexibility index (Phi) is 25.4. The van der Waals surface area contributed by atoms with Crippen LogP contribution >= 0.6 is 0 Å². The van der Waals surface area contributed by atoms with Crippen LogP contribution in [0.15, 0.2) is 0 Å². The fourth-order valence-electron chi connectivity index (χ4n) is 2.82. The quantitative estimate of drug-likeness (QED) is 0.306. The van der Waals surface area contributed by atoms with Crippen LogP contribution in [0.3, 0.4) is 0 Å². The van der Waals surface area contributed by atoms with E-state index in [0.717, 1.165) is 20.0 Å². The fourth-order valence-corrected chi connectivity index (χ4v) is 2.82. The second-order valence-electron chi connectivity index (χ2n) is 6.45. The SMILES string of the molecule is CCCCCCCCCCCCCCCCCCC(=O)O.CO. The lowest BCUT2D eigenvalue weighted by atomic mass is 10.0. The van der Waals surface area contributed by atoms with Crippen molar-refractivity contribution in [2.24, 2.45) is 0 Å². The van der Waals surface area contributed by atoms with Gasteiger partial charge in [0.1, 0.15) is 0 Å². The van der Waals surface area contributed by atoms with E-state index in [4.69, 9.17) is 10.2 Å². The molecule has 0 aliphatic heterocycles. The standard InChI is InChI=1S/C19H38O2.CH4O/c1-2-3-4-5-6-7-8-9-10-11-12-13-14-15-16-17-18-19(20)21;1-2/h2-18H2,1H3,(H,20,21);2H,1H3. The lowest BCUT2D eigenvalue weighted by Gasteiger charge is -2.03. The molecule has 0 aromatic rings. The molecular weight excluding hydrogens is 288 g/mol. The van der Waals surface area contributed by atoms with Gasteiger partial charge < -0.3 is 10.2 Å². The monoisotopic (exact) mass is 330 g/mol. The number of hydrogen-bond acceptors (Lipinski definition) is 2. The number of carboxylic acid groups (broad SMARTS) is 1. The van der Waals surface area contributed by atoms with Gasteiger partial charge >= 0.3 is 5.97 Å². The minimum atomic E-state index is -0.652. The largest absolute Gasteiger partial charge is 0.481 e. The van der Waals surface area contributed by atoms with Gasteiger partial charge in [-0.25, -0.2) is 0 Å². The van der Waals surface area contributed by atoms with Gasteiger partial charge in [-0.1, -0.05) is 103 Å². The van der Waals surface area contributed by atoms with E-state index >= 15 is 0 Å². The maximum atomic E-state index is 10.3. The van der Waals surface area contributed by atoms with E-state index in [1.165, 1.54) is 89.9 Å². The summed E-state index contributed by atoms with van der Waals surface area (Å²) in [5.41, 5.74) is 0. The minimum Gasteiger partial charge on any atom is -0.481 e. The number of carboxylic acids is 1. The van der Waals surface area contributed by atoms with E-state index < -0.39 is 5.97 Å². The number of unbranched alkanes of at least 4 members (excludes halogenated alkanes) is 15. The zero-order chi connectivity index (χ0) is 17.6. The first-order valence-corrected chi connectivity index (χ1v) is 9.94. The molecule has 0 fully saturated rings. The highest BCUT2D eigenvalue weighted by Gasteiger charge is 1.97. The van der Waals surface area contributed by atoms with Crippen LogP contribution < -0.4 is 0 Å². The van der Waals surface area contributed by atoms with Gasteiger partial charge in [0.15, 0.2) is 0 Å². The van der Waals surface area contributed by atoms with Crippen LogP contribution in [0.5, 0.6) is 0 Å². The van der Waals surface area contributed by atoms with Gasteiger partial charge in [-0.2, -0.15) is 0 Å². The molecule has 0 radical (unpaired) electrons. The summed E-state index contributed by atoms with van der Waals surface area (Å²) in [6, 6.07) is 0. The Morgan fingerprint density at radius 3 is 1.09 bits per heavy atom. The summed E-state index contributed by atoms with van der Waals surface area (Å²) in [5, 5.41) is 15.5. The first-order chi connectivity index (χ1) is 11.3. The van der Waals surface area contributed by atoms with Gasteiger partial charge in [-0.05, 0) is 6.42 Å².